The molecule has 2 aromatic rings. The van der Waals surface area contributed by atoms with E-state index in [1.54, 1.807) is 0 Å². The molecule has 2 aromatic carbocycles. The van der Waals surface area contributed by atoms with Crippen molar-refractivity contribution < 1.29 is 4.74 Å². The highest BCUT2D eigenvalue weighted by Gasteiger charge is 2.27. The molecule has 28 heavy (non-hydrogen) atoms. The van der Waals surface area contributed by atoms with Crippen molar-refractivity contribution in [3.05, 3.63) is 70.8 Å². The van der Waals surface area contributed by atoms with E-state index in [4.69, 9.17) is 4.74 Å². The number of ether oxygens (including phenoxy) is 1. The molecule has 2 nitrogen and oxygen atoms in total. The summed E-state index contributed by atoms with van der Waals surface area (Å²) in [4.78, 5) is 0. The molecule has 0 spiro atoms. The quantitative estimate of drug-likeness (QED) is 0.674. The average Bonchev–Trinajstić information content (AvgIpc) is 2.66. The van der Waals surface area contributed by atoms with Crippen LogP contribution in [0.4, 0.5) is 0 Å². The largest absolute Gasteiger partial charge is 0.372 e. The summed E-state index contributed by atoms with van der Waals surface area (Å²) < 4.78 is 6.51. The molecule has 1 aliphatic heterocycles. The predicted octanol–water partition coefficient (Wildman–Crippen LogP) is 6.29. The highest BCUT2D eigenvalue weighted by molar-refractivity contribution is 5.37. The summed E-state index contributed by atoms with van der Waals surface area (Å²) in [6, 6.07) is 18.0. The number of piperidine rings is 1. The summed E-state index contributed by atoms with van der Waals surface area (Å²) in [7, 11) is 0. The van der Waals surface area contributed by atoms with E-state index in [0.717, 1.165) is 13.0 Å². The van der Waals surface area contributed by atoms with Gasteiger partial charge in [-0.25, -0.2) is 0 Å². The average molecular weight is 380 g/mol. The number of rotatable bonds is 4. The fraction of sp³-hybridized carbons (Fsp3) is 0.538. The van der Waals surface area contributed by atoms with Crippen LogP contribution in [0, 0.1) is 0 Å². The Bertz CT molecular complexity index is 735. The molecule has 1 saturated heterocycles. The summed E-state index contributed by atoms with van der Waals surface area (Å²) in [5.74, 6) is 0. The lowest BCUT2D eigenvalue weighted by Gasteiger charge is -2.33. The fourth-order valence-corrected chi connectivity index (χ4v) is 3.88. The molecular formula is C26H37NO. The van der Waals surface area contributed by atoms with Crippen molar-refractivity contribution in [3.63, 3.8) is 0 Å². The van der Waals surface area contributed by atoms with Gasteiger partial charge in [0.1, 0.15) is 0 Å². The van der Waals surface area contributed by atoms with Gasteiger partial charge in [0.2, 0.25) is 0 Å². The van der Waals surface area contributed by atoms with Gasteiger partial charge in [-0.1, -0.05) is 90.1 Å². The van der Waals surface area contributed by atoms with Gasteiger partial charge < -0.3 is 10.1 Å². The zero-order valence-electron chi connectivity index (χ0n) is 18.5. The van der Waals surface area contributed by atoms with Gasteiger partial charge in [-0.15, -0.1) is 0 Å². The Morgan fingerprint density at radius 3 is 2.07 bits per heavy atom. The van der Waals surface area contributed by atoms with Crippen LogP contribution >= 0.6 is 0 Å². The molecule has 3 rings (SSSR count). The summed E-state index contributed by atoms with van der Waals surface area (Å²) in [5, 5.41) is 3.67. The molecule has 0 saturated carbocycles. The van der Waals surface area contributed by atoms with Crippen molar-refractivity contribution >= 4 is 0 Å². The van der Waals surface area contributed by atoms with Gasteiger partial charge in [0.05, 0.1) is 18.8 Å². The van der Waals surface area contributed by atoms with Crippen LogP contribution in [0.3, 0.4) is 0 Å². The lowest BCUT2D eigenvalue weighted by atomic mass is 9.79. The Labute approximate surface area is 171 Å². The van der Waals surface area contributed by atoms with Gasteiger partial charge in [0, 0.05) is 0 Å². The Morgan fingerprint density at radius 1 is 0.893 bits per heavy atom. The van der Waals surface area contributed by atoms with Gasteiger partial charge >= 0.3 is 0 Å². The maximum Gasteiger partial charge on any atom is 0.0774 e. The third-order valence-corrected chi connectivity index (χ3v) is 5.75. The van der Waals surface area contributed by atoms with Crippen LogP contribution in [0.25, 0.3) is 0 Å². The standard InChI is InChI=1S/C26H37NO/c1-25(2,3)21-15-19(16-22(17-21)26(4,5)6)18-28-23-13-10-14-27-24(23)20-11-8-7-9-12-20/h7-9,11-12,15-17,23-24,27H,10,13-14,18H2,1-6H3. The molecule has 2 unspecified atom stereocenters. The van der Waals surface area contributed by atoms with Gasteiger partial charge in [0.15, 0.2) is 0 Å². The molecule has 0 radical (unpaired) electrons. The first-order valence-electron chi connectivity index (χ1n) is 10.7. The Balaban J connectivity index is 1.81. The summed E-state index contributed by atoms with van der Waals surface area (Å²) in [5.41, 5.74) is 5.66. The molecule has 1 fully saturated rings. The molecule has 0 amide bonds. The lowest BCUT2D eigenvalue weighted by Crippen LogP contribution is -2.39. The highest BCUT2D eigenvalue weighted by Crippen LogP contribution is 2.32. The van der Waals surface area contributed by atoms with Crippen molar-refractivity contribution in [2.45, 2.75) is 84.0 Å². The molecule has 2 heteroatoms. The first kappa shape index (κ1) is 21.1. The second-order valence-corrected chi connectivity index (χ2v) is 10.3. The molecule has 0 aromatic heterocycles. The van der Waals surface area contributed by atoms with Crippen molar-refractivity contribution in [3.8, 4) is 0 Å². The van der Waals surface area contributed by atoms with Crippen LogP contribution in [-0.4, -0.2) is 12.6 Å². The summed E-state index contributed by atoms with van der Waals surface area (Å²) >= 11 is 0. The molecule has 0 bridgehead atoms. The zero-order valence-corrected chi connectivity index (χ0v) is 18.5. The van der Waals surface area contributed by atoms with Crippen LogP contribution < -0.4 is 5.32 Å². The van der Waals surface area contributed by atoms with E-state index in [1.165, 1.54) is 28.7 Å². The van der Waals surface area contributed by atoms with Crippen LogP contribution in [-0.2, 0) is 22.2 Å². The van der Waals surface area contributed by atoms with E-state index in [-0.39, 0.29) is 23.0 Å². The molecule has 0 aliphatic carbocycles. The third-order valence-electron chi connectivity index (χ3n) is 5.75. The van der Waals surface area contributed by atoms with E-state index >= 15 is 0 Å². The number of nitrogens with one attached hydrogen (secondary N) is 1. The smallest absolute Gasteiger partial charge is 0.0774 e. The van der Waals surface area contributed by atoms with Crippen LogP contribution in [0.5, 0.6) is 0 Å². The topological polar surface area (TPSA) is 21.3 Å². The summed E-state index contributed by atoms with van der Waals surface area (Å²) in [6.45, 7) is 15.5. The maximum atomic E-state index is 6.51. The Kier molecular flexibility index (Phi) is 6.31. The first-order valence-corrected chi connectivity index (χ1v) is 10.7. The maximum absolute atomic E-state index is 6.51. The van der Waals surface area contributed by atoms with Crippen molar-refractivity contribution in [2.24, 2.45) is 0 Å². The minimum absolute atomic E-state index is 0.134. The van der Waals surface area contributed by atoms with Gasteiger partial charge in [-0.05, 0) is 52.5 Å². The minimum Gasteiger partial charge on any atom is -0.372 e. The highest BCUT2D eigenvalue weighted by atomic mass is 16.5. The third kappa shape index (κ3) is 5.24. The van der Waals surface area contributed by atoms with Gasteiger partial charge in [-0.2, -0.15) is 0 Å². The van der Waals surface area contributed by atoms with E-state index in [0.29, 0.717) is 6.61 Å². The van der Waals surface area contributed by atoms with Crippen LogP contribution in [0.2, 0.25) is 0 Å². The normalized spacial score (nSPS) is 20.9. The molecule has 1 heterocycles. The SMILES string of the molecule is CC(C)(C)c1cc(COC2CCCNC2c2ccccc2)cc(C(C)(C)C)c1. The monoisotopic (exact) mass is 379 g/mol. The van der Waals surface area contributed by atoms with Crippen molar-refractivity contribution in [1.82, 2.24) is 5.32 Å². The van der Waals surface area contributed by atoms with Gasteiger partial charge in [-0.3, -0.25) is 0 Å². The second kappa shape index (κ2) is 8.39. The van der Waals surface area contributed by atoms with E-state index in [9.17, 15) is 0 Å². The van der Waals surface area contributed by atoms with Gasteiger partial charge in [0.25, 0.3) is 0 Å². The second-order valence-electron chi connectivity index (χ2n) is 10.3. The van der Waals surface area contributed by atoms with Crippen LogP contribution in [0.1, 0.15) is 82.7 Å². The number of hydrogen-bond donors (Lipinski definition) is 1. The molecule has 1 aliphatic rings. The summed E-state index contributed by atoms with van der Waals surface area (Å²) in [6.07, 6.45) is 2.49. The van der Waals surface area contributed by atoms with Crippen molar-refractivity contribution in [1.29, 1.82) is 0 Å². The lowest BCUT2D eigenvalue weighted by molar-refractivity contribution is -0.00364. The van der Waals surface area contributed by atoms with E-state index < -0.39 is 0 Å². The van der Waals surface area contributed by atoms with E-state index in [2.05, 4.69) is 95.4 Å². The minimum atomic E-state index is 0.134. The predicted molar refractivity (Wildman–Crippen MR) is 119 cm³/mol. The number of hydrogen-bond acceptors (Lipinski definition) is 2. The van der Waals surface area contributed by atoms with E-state index in [1.807, 2.05) is 0 Å². The van der Waals surface area contributed by atoms with Crippen LogP contribution in [0.15, 0.2) is 48.5 Å². The Hall–Kier alpha value is -1.64. The Morgan fingerprint density at radius 2 is 1.50 bits per heavy atom. The number of benzene rings is 2. The zero-order chi connectivity index (χ0) is 20.4. The first-order chi connectivity index (χ1) is 13.1. The molecule has 2 atom stereocenters. The molecule has 1 N–H and O–H groups in total. The fourth-order valence-electron chi connectivity index (χ4n) is 3.88. The molecular weight excluding hydrogens is 342 g/mol. The van der Waals surface area contributed by atoms with Crippen molar-refractivity contribution in [2.75, 3.05) is 6.54 Å². The molecule has 152 valence electrons.